The third-order valence-corrected chi connectivity index (χ3v) is 4.37. The summed E-state index contributed by atoms with van der Waals surface area (Å²) in [6.07, 6.45) is 7.36. The highest BCUT2D eigenvalue weighted by atomic mass is 16.5. The summed E-state index contributed by atoms with van der Waals surface area (Å²) in [5.41, 5.74) is 0.652. The third kappa shape index (κ3) is 1.55. The monoisotopic (exact) mass is 196 g/mol. The number of esters is 1. The number of rotatable bonds is 2. The standard InChI is InChI=1S/C12H20O2/c1-3-10-8-12(10)6-4-9(5-7-12)11(13)14-2/h9-10H,3-8H2,1-2H3. The molecule has 2 aliphatic carbocycles. The highest BCUT2D eigenvalue weighted by Gasteiger charge is 2.54. The fourth-order valence-corrected chi connectivity index (χ4v) is 3.22. The van der Waals surface area contributed by atoms with Gasteiger partial charge in [0.2, 0.25) is 0 Å². The van der Waals surface area contributed by atoms with Crippen molar-refractivity contribution in [3.63, 3.8) is 0 Å². The molecule has 2 heteroatoms. The summed E-state index contributed by atoms with van der Waals surface area (Å²) in [5.74, 6) is 1.17. The fourth-order valence-electron chi connectivity index (χ4n) is 3.22. The molecule has 0 heterocycles. The smallest absolute Gasteiger partial charge is 0.308 e. The Morgan fingerprint density at radius 1 is 1.43 bits per heavy atom. The lowest BCUT2D eigenvalue weighted by Crippen LogP contribution is -2.24. The van der Waals surface area contributed by atoms with E-state index < -0.39 is 0 Å². The van der Waals surface area contributed by atoms with E-state index in [4.69, 9.17) is 4.74 Å². The van der Waals surface area contributed by atoms with E-state index in [0.717, 1.165) is 18.8 Å². The van der Waals surface area contributed by atoms with Gasteiger partial charge in [-0.3, -0.25) is 4.79 Å². The summed E-state index contributed by atoms with van der Waals surface area (Å²) in [7, 11) is 1.50. The minimum atomic E-state index is 0.00792. The van der Waals surface area contributed by atoms with Crippen molar-refractivity contribution in [1.29, 1.82) is 0 Å². The first kappa shape index (κ1) is 10.0. The molecule has 0 aromatic carbocycles. The van der Waals surface area contributed by atoms with Gasteiger partial charge >= 0.3 is 5.97 Å². The Morgan fingerprint density at radius 2 is 2.07 bits per heavy atom. The summed E-state index contributed by atoms with van der Waals surface area (Å²) in [6.45, 7) is 2.28. The quantitative estimate of drug-likeness (QED) is 0.635. The zero-order valence-corrected chi connectivity index (χ0v) is 9.21. The Hall–Kier alpha value is -0.530. The van der Waals surface area contributed by atoms with Crippen LogP contribution >= 0.6 is 0 Å². The Kier molecular flexibility index (Phi) is 2.54. The van der Waals surface area contributed by atoms with Crippen LogP contribution in [0.1, 0.15) is 45.4 Å². The highest BCUT2D eigenvalue weighted by molar-refractivity contribution is 5.72. The zero-order valence-electron chi connectivity index (χ0n) is 9.21. The van der Waals surface area contributed by atoms with Crippen molar-refractivity contribution >= 4 is 5.97 Å². The Labute approximate surface area is 86.0 Å². The molecule has 2 fully saturated rings. The predicted octanol–water partition coefficient (Wildman–Crippen LogP) is 2.77. The van der Waals surface area contributed by atoms with E-state index in [1.165, 1.54) is 32.8 Å². The fraction of sp³-hybridized carbons (Fsp3) is 0.917. The summed E-state index contributed by atoms with van der Waals surface area (Å²) in [5, 5.41) is 0. The van der Waals surface area contributed by atoms with E-state index in [0.29, 0.717) is 5.41 Å². The first-order valence-corrected chi connectivity index (χ1v) is 5.79. The molecule has 0 aliphatic heterocycles. The van der Waals surface area contributed by atoms with Crippen molar-refractivity contribution in [3.05, 3.63) is 0 Å². The van der Waals surface area contributed by atoms with Crippen molar-refractivity contribution in [2.45, 2.75) is 45.4 Å². The van der Waals surface area contributed by atoms with Crippen molar-refractivity contribution in [3.8, 4) is 0 Å². The minimum Gasteiger partial charge on any atom is -0.469 e. The maximum absolute atomic E-state index is 11.3. The second kappa shape index (κ2) is 3.56. The van der Waals surface area contributed by atoms with E-state index in [9.17, 15) is 4.79 Å². The lowest BCUT2D eigenvalue weighted by Gasteiger charge is -2.27. The third-order valence-electron chi connectivity index (χ3n) is 4.37. The SMILES string of the molecule is CCC1CC12CCC(C(=O)OC)CC2. The molecule has 0 aromatic heterocycles. The van der Waals surface area contributed by atoms with Gasteiger partial charge in [0.25, 0.3) is 0 Å². The molecular formula is C12H20O2. The zero-order chi connectivity index (χ0) is 10.2. The summed E-state index contributed by atoms with van der Waals surface area (Å²) >= 11 is 0. The maximum atomic E-state index is 11.3. The number of hydrogen-bond acceptors (Lipinski definition) is 2. The lowest BCUT2D eigenvalue weighted by atomic mass is 9.78. The van der Waals surface area contributed by atoms with Crippen LogP contribution in [0, 0.1) is 17.3 Å². The minimum absolute atomic E-state index is 0.00792. The van der Waals surface area contributed by atoms with Crippen molar-refractivity contribution in [2.75, 3.05) is 7.11 Å². The van der Waals surface area contributed by atoms with E-state index in [-0.39, 0.29) is 11.9 Å². The molecule has 0 bridgehead atoms. The Balaban J connectivity index is 1.84. The van der Waals surface area contributed by atoms with E-state index in [2.05, 4.69) is 6.92 Å². The molecule has 14 heavy (non-hydrogen) atoms. The molecule has 0 N–H and O–H groups in total. The summed E-state index contributed by atoms with van der Waals surface area (Å²) in [4.78, 5) is 11.3. The van der Waals surface area contributed by atoms with Crippen molar-refractivity contribution < 1.29 is 9.53 Å². The Bertz CT molecular complexity index is 226. The van der Waals surface area contributed by atoms with Gasteiger partial charge in [0.15, 0.2) is 0 Å². The van der Waals surface area contributed by atoms with Gasteiger partial charge in [0.1, 0.15) is 0 Å². The normalized spacial score (nSPS) is 41.0. The second-order valence-electron chi connectivity index (χ2n) is 4.97. The van der Waals surface area contributed by atoms with Crippen LogP contribution in [0.5, 0.6) is 0 Å². The number of methoxy groups -OCH3 is 1. The average molecular weight is 196 g/mol. The number of ether oxygens (including phenoxy) is 1. The first-order valence-electron chi connectivity index (χ1n) is 5.79. The van der Waals surface area contributed by atoms with Crippen LogP contribution in [0.2, 0.25) is 0 Å². The van der Waals surface area contributed by atoms with Gasteiger partial charge in [-0.1, -0.05) is 13.3 Å². The summed E-state index contributed by atoms with van der Waals surface area (Å²) < 4.78 is 4.79. The van der Waals surface area contributed by atoms with Gasteiger partial charge in [-0.2, -0.15) is 0 Å². The molecule has 0 radical (unpaired) electrons. The van der Waals surface area contributed by atoms with Gasteiger partial charge in [-0.15, -0.1) is 0 Å². The van der Waals surface area contributed by atoms with Gasteiger partial charge in [-0.05, 0) is 43.4 Å². The topological polar surface area (TPSA) is 26.3 Å². The molecule has 0 saturated heterocycles. The van der Waals surface area contributed by atoms with E-state index in [1.54, 1.807) is 0 Å². The van der Waals surface area contributed by atoms with Crippen LogP contribution < -0.4 is 0 Å². The molecule has 2 nitrogen and oxygen atoms in total. The molecular weight excluding hydrogens is 176 g/mol. The average Bonchev–Trinajstić information content (AvgIpc) is 2.91. The second-order valence-corrected chi connectivity index (χ2v) is 4.97. The molecule has 1 unspecified atom stereocenters. The first-order chi connectivity index (χ1) is 6.72. The summed E-state index contributed by atoms with van der Waals surface area (Å²) in [6, 6.07) is 0. The van der Waals surface area contributed by atoms with Gasteiger partial charge < -0.3 is 4.74 Å². The maximum Gasteiger partial charge on any atom is 0.308 e. The van der Waals surface area contributed by atoms with Crippen LogP contribution in [0.3, 0.4) is 0 Å². The molecule has 0 amide bonds. The molecule has 1 spiro atoms. The van der Waals surface area contributed by atoms with Crippen molar-refractivity contribution in [2.24, 2.45) is 17.3 Å². The number of carbonyl (C=O) groups is 1. The van der Waals surface area contributed by atoms with Gasteiger partial charge in [-0.25, -0.2) is 0 Å². The number of hydrogen-bond donors (Lipinski definition) is 0. The van der Waals surface area contributed by atoms with Crippen LogP contribution in [-0.4, -0.2) is 13.1 Å². The predicted molar refractivity (Wildman–Crippen MR) is 54.8 cm³/mol. The van der Waals surface area contributed by atoms with Crippen LogP contribution in [0.15, 0.2) is 0 Å². The number of carbonyl (C=O) groups excluding carboxylic acids is 1. The van der Waals surface area contributed by atoms with Crippen LogP contribution in [-0.2, 0) is 9.53 Å². The molecule has 80 valence electrons. The molecule has 2 rings (SSSR count). The molecule has 1 atom stereocenters. The largest absolute Gasteiger partial charge is 0.469 e. The lowest BCUT2D eigenvalue weighted by molar-refractivity contribution is -0.147. The van der Waals surface area contributed by atoms with Gasteiger partial charge in [0.05, 0.1) is 13.0 Å². The molecule has 2 aliphatic rings. The highest BCUT2D eigenvalue weighted by Crippen LogP contribution is 2.63. The van der Waals surface area contributed by atoms with E-state index in [1.807, 2.05) is 0 Å². The van der Waals surface area contributed by atoms with Crippen molar-refractivity contribution in [1.82, 2.24) is 0 Å². The van der Waals surface area contributed by atoms with E-state index >= 15 is 0 Å². The Morgan fingerprint density at radius 3 is 2.50 bits per heavy atom. The van der Waals surface area contributed by atoms with Crippen LogP contribution in [0.4, 0.5) is 0 Å². The molecule has 2 saturated carbocycles. The van der Waals surface area contributed by atoms with Gasteiger partial charge in [0, 0.05) is 0 Å². The molecule has 0 aromatic rings. The van der Waals surface area contributed by atoms with Crippen LogP contribution in [0.25, 0.3) is 0 Å².